The third-order valence-corrected chi connectivity index (χ3v) is 2.58. The van der Waals surface area contributed by atoms with Crippen LogP contribution >= 0.6 is 0 Å². The van der Waals surface area contributed by atoms with Crippen molar-refractivity contribution >= 4 is 0 Å². The molecule has 0 unspecified atom stereocenters. The van der Waals surface area contributed by atoms with Crippen LogP contribution in [0.15, 0.2) is 0 Å². The third-order valence-electron chi connectivity index (χ3n) is 2.58. The standard InChI is InChI=1S/C13H28O3/c1-9(2)5-11(14)7-13(16)8-12(15)6-10(3)4/h9-16H,5-8H2,1-4H3/t11-,12-/m1/s1. The molecule has 0 aromatic heterocycles. The lowest BCUT2D eigenvalue weighted by Crippen LogP contribution is -2.24. The summed E-state index contributed by atoms with van der Waals surface area (Å²) in [7, 11) is 0. The van der Waals surface area contributed by atoms with E-state index in [1.54, 1.807) is 0 Å². The first-order valence-electron chi connectivity index (χ1n) is 6.35. The SMILES string of the molecule is CC(C)C[C@@H](O)CC(O)C[C@H](O)CC(C)C. The van der Waals surface area contributed by atoms with Crippen molar-refractivity contribution in [3.63, 3.8) is 0 Å². The Balaban J connectivity index is 3.75. The quantitative estimate of drug-likeness (QED) is 0.599. The molecule has 0 fully saturated rings. The second-order valence-corrected chi connectivity index (χ2v) is 5.69. The van der Waals surface area contributed by atoms with Crippen molar-refractivity contribution in [1.82, 2.24) is 0 Å². The minimum Gasteiger partial charge on any atom is -0.393 e. The highest BCUT2D eigenvalue weighted by atomic mass is 16.3. The lowest BCUT2D eigenvalue weighted by atomic mass is 9.96. The molecule has 0 rings (SSSR count). The smallest absolute Gasteiger partial charge is 0.0589 e. The Labute approximate surface area is 99.5 Å². The summed E-state index contributed by atoms with van der Waals surface area (Å²) in [6.45, 7) is 8.18. The Morgan fingerprint density at radius 3 is 1.06 bits per heavy atom. The van der Waals surface area contributed by atoms with Gasteiger partial charge in [0.05, 0.1) is 18.3 Å². The van der Waals surface area contributed by atoms with E-state index >= 15 is 0 Å². The van der Waals surface area contributed by atoms with Gasteiger partial charge in [0, 0.05) is 0 Å². The monoisotopic (exact) mass is 232 g/mol. The van der Waals surface area contributed by atoms with E-state index < -0.39 is 18.3 Å². The van der Waals surface area contributed by atoms with E-state index in [0.29, 0.717) is 37.5 Å². The molecule has 0 spiro atoms. The highest BCUT2D eigenvalue weighted by Gasteiger charge is 2.17. The van der Waals surface area contributed by atoms with E-state index in [9.17, 15) is 15.3 Å². The van der Waals surface area contributed by atoms with Gasteiger partial charge in [0.25, 0.3) is 0 Å². The van der Waals surface area contributed by atoms with Crippen LogP contribution in [0.1, 0.15) is 53.4 Å². The summed E-state index contributed by atoms with van der Waals surface area (Å²) in [6.07, 6.45) is 0.639. The maximum atomic E-state index is 9.70. The first-order valence-corrected chi connectivity index (χ1v) is 6.35. The van der Waals surface area contributed by atoms with Crippen molar-refractivity contribution in [2.45, 2.75) is 71.7 Å². The van der Waals surface area contributed by atoms with Crippen LogP contribution in [0.4, 0.5) is 0 Å². The van der Waals surface area contributed by atoms with Crippen molar-refractivity contribution < 1.29 is 15.3 Å². The molecule has 0 radical (unpaired) electrons. The summed E-state index contributed by atoms with van der Waals surface area (Å²) in [4.78, 5) is 0. The number of aliphatic hydroxyl groups is 3. The van der Waals surface area contributed by atoms with Gasteiger partial charge in [-0.3, -0.25) is 0 Å². The maximum absolute atomic E-state index is 9.70. The second-order valence-electron chi connectivity index (χ2n) is 5.69. The van der Waals surface area contributed by atoms with Crippen LogP contribution in [0.25, 0.3) is 0 Å². The number of rotatable bonds is 8. The fourth-order valence-electron chi connectivity index (χ4n) is 2.01. The summed E-state index contributed by atoms with van der Waals surface area (Å²) < 4.78 is 0. The maximum Gasteiger partial charge on any atom is 0.0589 e. The van der Waals surface area contributed by atoms with Crippen molar-refractivity contribution in [2.75, 3.05) is 0 Å². The minimum atomic E-state index is -0.595. The molecule has 0 saturated carbocycles. The molecular weight excluding hydrogens is 204 g/mol. The molecule has 3 N–H and O–H groups in total. The fourth-order valence-corrected chi connectivity index (χ4v) is 2.01. The first-order chi connectivity index (χ1) is 7.31. The molecule has 2 atom stereocenters. The number of hydrogen-bond donors (Lipinski definition) is 3. The normalized spacial score (nSPS) is 16.1. The van der Waals surface area contributed by atoms with E-state index in [1.807, 2.05) is 27.7 Å². The van der Waals surface area contributed by atoms with Gasteiger partial charge in [-0.1, -0.05) is 27.7 Å². The molecule has 0 bridgehead atoms. The van der Waals surface area contributed by atoms with Crippen LogP contribution in [0, 0.1) is 11.8 Å². The molecule has 3 heteroatoms. The van der Waals surface area contributed by atoms with Crippen LogP contribution < -0.4 is 0 Å². The predicted molar refractivity (Wildman–Crippen MR) is 66.2 cm³/mol. The summed E-state index contributed by atoms with van der Waals surface area (Å²) in [5.74, 6) is 0.866. The molecule has 3 nitrogen and oxygen atoms in total. The van der Waals surface area contributed by atoms with Crippen LogP contribution in [-0.4, -0.2) is 33.6 Å². The van der Waals surface area contributed by atoms with Crippen molar-refractivity contribution in [2.24, 2.45) is 11.8 Å². The summed E-state index contributed by atoms with van der Waals surface area (Å²) in [5.41, 5.74) is 0. The van der Waals surface area contributed by atoms with E-state index in [2.05, 4.69) is 0 Å². The van der Waals surface area contributed by atoms with Crippen LogP contribution in [0.5, 0.6) is 0 Å². The van der Waals surface area contributed by atoms with Gasteiger partial charge < -0.3 is 15.3 Å². The van der Waals surface area contributed by atoms with Gasteiger partial charge in [0.2, 0.25) is 0 Å². The van der Waals surface area contributed by atoms with Gasteiger partial charge >= 0.3 is 0 Å². The molecular formula is C13H28O3. The molecule has 0 aliphatic carbocycles. The van der Waals surface area contributed by atoms with Crippen LogP contribution in [0.2, 0.25) is 0 Å². The Hall–Kier alpha value is -0.120. The van der Waals surface area contributed by atoms with Gasteiger partial charge in [0.15, 0.2) is 0 Å². The number of aliphatic hydroxyl groups excluding tert-OH is 3. The van der Waals surface area contributed by atoms with Gasteiger partial charge in [-0.25, -0.2) is 0 Å². The van der Waals surface area contributed by atoms with Crippen molar-refractivity contribution in [3.8, 4) is 0 Å². The zero-order chi connectivity index (χ0) is 12.7. The molecule has 0 aromatic carbocycles. The molecule has 0 aromatic rings. The van der Waals surface area contributed by atoms with Crippen LogP contribution in [-0.2, 0) is 0 Å². The Kier molecular flexibility index (Phi) is 7.98. The molecule has 0 amide bonds. The zero-order valence-electron chi connectivity index (χ0n) is 11.1. The van der Waals surface area contributed by atoms with Crippen molar-refractivity contribution in [3.05, 3.63) is 0 Å². The van der Waals surface area contributed by atoms with Gasteiger partial charge in [-0.15, -0.1) is 0 Å². The van der Waals surface area contributed by atoms with Crippen molar-refractivity contribution in [1.29, 1.82) is 0 Å². The van der Waals surface area contributed by atoms with Gasteiger partial charge in [-0.2, -0.15) is 0 Å². The molecule has 16 heavy (non-hydrogen) atoms. The van der Waals surface area contributed by atoms with E-state index in [4.69, 9.17) is 0 Å². The highest BCUT2D eigenvalue weighted by molar-refractivity contribution is 4.69. The van der Waals surface area contributed by atoms with E-state index in [0.717, 1.165) is 0 Å². The first kappa shape index (κ1) is 15.9. The Morgan fingerprint density at radius 2 is 0.812 bits per heavy atom. The number of hydrogen-bond acceptors (Lipinski definition) is 3. The second kappa shape index (κ2) is 8.04. The van der Waals surface area contributed by atoms with Gasteiger partial charge in [0.1, 0.15) is 0 Å². The molecule has 0 aliphatic heterocycles. The Bertz CT molecular complexity index is 151. The fraction of sp³-hybridized carbons (Fsp3) is 1.00. The molecule has 98 valence electrons. The molecule has 0 heterocycles. The largest absolute Gasteiger partial charge is 0.393 e. The molecule has 0 aliphatic rings. The average Bonchev–Trinajstić information content (AvgIpc) is 1.97. The van der Waals surface area contributed by atoms with Crippen LogP contribution in [0.3, 0.4) is 0 Å². The summed E-state index contributed by atoms with van der Waals surface area (Å²) >= 11 is 0. The molecule has 0 saturated heterocycles. The Morgan fingerprint density at radius 1 is 0.562 bits per heavy atom. The summed E-state index contributed by atoms with van der Waals surface area (Å²) in [5, 5.41) is 29.0. The van der Waals surface area contributed by atoms with E-state index in [1.165, 1.54) is 0 Å². The predicted octanol–water partition coefficient (Wildman–Crippen LogP) is 1.94. The zero-order valence-corrected chi connectivity index (χ0v) is 11.1. The lowest BCUT2D eigenvalue weighted by Gasteiger charge is -2.20. The highest BCUT2D eigenvalue weighted by Crippen LogP contribution is 2.15. The third kappa shape index (κ3) is 9.13. The van der Waals surface area contributed by atoms with Gasteiger partial charge in [-0.05, 0) is 37.5 Å². The average molecular weight is 232 g/mol. The topological polar surface area (TPSA) is 60.7 Å². The van der Waals surface area contributed by atoms with E-state index in [-0.39, 0.29) is 0 Å². The lowest BCUT2D eigenvalue weighted by molar-refractivity contribution is 0.0281. The minimum absolute atomic E-state index is 0.368. The summed E-state index contributed by atoms with van der Waals surface area (Å²) in [6, 6.07) is 0.